The van der Waals surface area contributed by atoms with Crippen molar-refractivity contribution in [2.45, 2.75) is 19.8 Å². The van der Waals surface area contributed by atoms with Crippen molar-refractivity contribution in [1.82, 2.24) is 4.48 Å². The van der Waals surface area contributed by atoms with Gasteiger partial charge in [0.2, 0.25) is 0 Å². The second-order valence-corrected chi connectivity index (χ2v) is 8.01. The molecule has 0 heterocycles. The predicted octanol–water partition coefficient (Wildman–Crippen LogP) is 5.62. The van der Waals surface area contributed by atoms with Crippen molar-refractivity contribution >= 4 is 27.2 Å². The van der Waals surface area contributed by atoms with Crippen molar-refractivity contribution < 1.29 is 13.0 Å². The third kappa shape index (κ3) is 6.02. The van der Waals surface area contributed by atoms with Gasteiger partial charge in [0.05, 0.1) is 16.7 Å². The highest BCUT2D eigenvalue weighted by Crippen LogP contribution is 2.43. The van der Waals surface area contributed by atoms with E-state index < -0.39 is 10.1 Å². The number of benzene rings is 3. The minimum Gasteiger partial charge on any atom is -0.748 e. The third-order valence-electron chi connectivity index (χ3n) is 4.44. The molecule has 0 aliphatic rings. The highest BCUT2D eigenvalue weighted by molar-refractivity contribution is 7.84. The Labute approximate surface area is 168 Å². The molecule has 3 aromatic rings. The number of hydrogen-bond donors (Lipinski definition) is 0. The average molecular weight is 398 g/mol. The minimum atomic E-state index is -3.92. The second-order valence-electron chi connectivity index (χ2n) is 6.60. The number of unbranched alkanes of at least 4 members (excludes halogenated alkanes) is 1. The van der Waals surface area contributed by atoms with E-state index in [9.17, 15) is 0 Å². The Balaban J connectivity index is 0.000000500. The number of para-hydroxylation sites is 3. The van der Waals surface area contributed by atoms with Crippen LogP contribution in [0.5, 0.6) is 0 Å². The van der Waals surface area contributed by atoms with Crippen LogP contribution in [-0.2, 0) is 10.1 Å². The summed E-state index contributed by atoms with van der Waals surface area (Å²) in [5.41, 5.74) is 3.95. The Morgan fingerprint density at radius 3 is 1.25 bits per heavy atom. The SMILES string of the molecule is CCCC[N+](c1ccccc1)(c1ccccc1)c1ccccc1.CS(=O)(=O)[O-]. The van der Waals surface area contributed by atoms with Crippen molar-refractivity contribution in [3.8, 4) is 0 Å². The standard InChI is InChI=1S/C22H24N.CH4O3S/c1-2-3-19-23(20-13-7-4-8-14-20,21-15-9-5-10-16-21)22-17-11-6-12-18-22;1-5(2,3)4/h4-18H,2-3,19H2,1H3;1H3,(H,2,3,4)/q+1;/p-1. The van der Waals surface area contributed by atoms with Gasteiger partial charge >= 0.3 is 0 Å². The van der Waals surface area contributed by atoms with Crippen LogP contribution in [-0.4, -0.2) is 25.8 Å². The van der Waals surface area contributed by atoms with Crippen LogP contribution in [0.25, 0.3) is 0 Å². The first-order valence-electron chi connectivity index (χ1n) is 9.33. The second kappa shape index (κ2) is 10.2. The number of nitrogens with zero attached hydrogens (tertiary/aromatic N) is 1. The van der Waals surface area contributed by atoms with Gasteiger partial charge in [-0.3, -0.25) is 0 Å². The molecule has 0 aliphatic carbocycles. The normalized spacial score (nSPS) is 11.4. The predicted molar refractivity (Wildman–Crippen MR) is 116 cm³/mol. The summed E-state index contributed by atoms with van der Waals surface area (Å²) in [4.78, 5) is 0. The van der Waals surface area contributed by atoms with E-state index in [1.807, 2.05) is 0 Å². The van der Waals surface area contributed by atoms with E-state index in [2.05, 4.69) is 97.9 Å². The van der Waals surface area contributed by atoms with Crippen LogP contribution >= 0.6 is 0 Å². The first kappa shape index (κ1) is 21.8. The Bertz CT molecular complexity index is 823. The van der Waals surface area contributed by atoms with E-state index in [4.69, 9.17) is 13.0 Å². The van der Waals surface area contributed by atoms with Gasteiger partial charge in [0, 0.05) is 6.26 Å². The minimum absolute atomic E-state index is 0.604. The van der Waals surface area contributed by atoms with Gasteiger partial charge in [-0.2, -0.15) is 0 Å². The summed E-state index contributed by atoms with van der Waals surface area (Å²) < 4.78 is 28.0. The number of hydrogen-bond acceptors (Lipinski definition) is 3. The zero-order valence-electron chi connectivity index (χ0n) is 16.4. The van der Waals surface area contributed by atoms with Crippen LogP contribution in [0.4, 0.5) is 17.1 Å². The molecular formula is C23H27NO3S. The van der Waals surface area contributed by atoms with Crippen LogP contribution in [0.15, 0.2) is 91.0 Å². The van der Waals surface area contributed by atoms with Crippen molar-refractivity contribution in [2.75, 3.05) is 12.8 Å². The van der Waals surface area contributed by atoms with Gasteiger partial charge in [-0.25, -0.2) is 12.9 Å². The lowest BCUT2D eigenvalue weighted by atomic mass is 10.1. The number of rotatable bonds is 6. The van der Waals surface area contributed by atoms with Gasteiger partial charge in [0.1, 0.15) is 17.1 Å². The molecular weight excluding hydrogens is 370 g/mol. The van der Waals surface area contributed by atoms with E-state index in [0.717, 1.165) is 11.0 Å². The highest BCUT2D eigenvalue weighted by Gasteiger charge is 2.35. The topological polar surface area (TPSA) is 57.2 Å². The molecule has 0 amide bonds. The Morgan fingerprint density at radius 1 is 0.714 bits per heavy atom. The summed E-state index contributed by atoms with van der Waals surface area (Å²) in [6.07, 6.45) is 2.97. The average Bonchev–Trinajstić information content (AvgIpc) is 2.70. The molecule has 28 heavy (non-hydrogen) atoms. The highest BCUT2D eigenvalue weighted by atomic mass is 32.2. The van der Waals surface area contributed by atoms with Gasteiger partial charge < -0.3 is 4.55 Å². The monoisotopic (exact) mass is 397 g/mol. The molecule has 0 aliphatic heterocycles. The van der Waals surface area contributed by atoms with Crippen molar-refractivity contribution in [3.63, 3.8) is 0 Å². The van der Waals surface area contributed by atoms with Crippen molar-refractivity contribution in [1.29, 1.82) is 0 Å². The summed E-state index contributed by atoms with van der Waals surface area (Å²) in [6, 6.07) is 32.6. The van der Waals surface area contributed by atoms with Gasteiger partial charge in [-0.05, 0) is 42.8 Å². The molecule has 0 fully saturated rings. The van der Waals surface area contributed by atoms with Gasteiger partial charge in [0.15, 0.2) is 0 Å². The fraction of sp³-hybridized carbons (Fsp3) is 0.217. The zero-order valence-corrected chi connectivity index (χ0v) is 17.2. The molecule has 0 N–H and O–H groups in total. The maximum absolute atomic E-state index is 9.08. The molecule has 0 saturated carbocycles. The van der Waals surface area contributed by atoms with Crippen LogP contribution in [0.3, 0.4) is 0 Å². The Kier molecular flexibility index (Phi) is 7.93. The summed E-state index contributed by atoms with van der Waals surface area (Å²) in [5.74, 6) is 0. The van der Waals surface area contributed by atoms with Crippen molar-refractivity contribution in [2.24, 2.45) is 0 Å². The Morgan fingerprint density at radius 2 is 1.00 bits per heavy atom. The van der Waals surface area contributed by atoms with Gasteiger partial charge in [-0.1, -0.05) is 67.9 Å². The van der Waals surface area contributed by atoms with Crippen LogP contribution in [0.2, 0.25) is 0 Å². The molecule has 0 radical (unpaired) electrons. The first-order valence-corrected chi connectivity index (χ1v) is 11.2. The third-order valence-corrected chi connectivity index (χ3v) is 4.44. The molecule has 0 aromatic heterocycles. The zero-order chi connectivity index (χ0) is 20.5. The van der Waals surface area contributed by atoms with Crippen LogP contribution in [0, 0.1) is 0 Å². The van der Waals surface area contributed by atoms with E-state index in [1.165, 1.54) is 29.9 Å². The molecule has 0 spiro atoms. The van der Waals surface area contributed by atoms with Gasteiger partial charge in [0.25, 0.3) is 0 Å². The smallest absolute Gasteiger partial charge is 0.143 e. The molecule has 5 heteroatoms. The molecule has 0 atom stereocenters. The maximum atomic E-state index is 9.08. The summed E-state index contributed by atoms with van der Waals surface area (Å²) in [7, 11) is -3.92. The molecule has 0 saturated heterocycles. The largest absolute Gasteiger partial charge is 0.748 e. The molecule has 3 rings (SSSR count). The lowest BCUT2D eigenvalue weighted by Crippen LogP contribution is -2.39. The van der Waals surface area contributed by atoms with E-state index in [1.54, 1.807) is 0 Å². The van der Waals surface area contributed by atoms with E-state index >= 15 is 0 Å². The molecule has 3 aromatic carbocycles. The van der Waals surface area contributed by atoms with E-state index in [0.29, 0.717) is 6.26 Å². The maximum Gasteiger partial charge on any atom is 0.143 e. The molecule has 148 valence electrons. The summed E-state index contributed by atoms with van der Waals surface area (Å²) in [6.45, 7) is 3.32. The lowest BCUT2D eigenvalue weighted by Gasteiger charge is -2.37. The van der Waals surface area contributed by atoms with Crippen LogP contribution < -0.4 is 4.48 Å². The molecule has 0 unspecified atom stereocenters. The molecule has 4 nitrogen and oxygen atoms in total. The summed E-state index contributed by atoms with van der Waals surface area (Å²) in [5, 5.41) is 0. The first-order chi connectivity index (χ1) is 13.4. The van der Waals surface area contributed by atoms with E-state index in [-0.39, 0.29) is 0 Å². The summed E-state index contributed by atoms with van der Waals surface area (Å²) >= 11 is 0. The Hall–Kier alpha value is -2.47. The van der Waals surface area contributed by atoms with Gasteiger partial charge in [-0.15, -0.1) is 0 Å². The van der Waals surface area contributed by atoms with Crippen LogP contribution in [0.1, 0.15) is 19.8 Å². The quantitative estimate of drug-likeness (QED) is 0.401. The molecule has 0 bridgehead atoms. The number of quaternary nitrogens is 1. The lowest BCUT2D eigenvalue weighted by molar-refractivity contribution is 0.470. The van der Waals surface area contributed by atoms with Crippen molar-refractivity contribution in [3.05, 3.63) is 91.0 Å². The fourth-order valence-corrected chi connectivity index (χ4v) is 3.28. The fourth-order valence-electron chi connectivity index (χ4n) is 3.28.